The first-order valence-electron chi connectivity index (χ1n) is 18.4. The van der Waals surface area contributed by atoms with Crippen LogP contribution in [0.2, 0.25) is 0 Å². The normalized spacial score (nSPS) is 24.3. The molecule has 2 fully saturated rings. The molecule has 0 aromatic heterocycles. The lowest BCUT2D eigenvalue weighted by Gasteiger charge is -2.35. The summed E-state index contributed by atoms with van der Waals surface area (Å²) < 4.78 is 0. The Labute approximate surface area is 308 Å². The van der Waals surface area contributed by atoms with E-state index in [1.165, 1.54) is 22.3 Å². The van der Waals surface area contributed by atoms with Gasteiger partial charge in [0.1, 0.15) is 0 Å². The number of carbonyl (C=O) groups excluding carboxylic acids is 2. The van der Waals surface area contributed by atoms with Crippen molar-refractivity contribution >= 4 is 34.6 Å². The lowest BCUT2D eigenvalue weighted by Crippen LogP contribution is -2.49. The van der Waals surface area contributed by atoms with Gasteiger partial charge in [-0.25, -0.2) is 19.8 Å². The molecule has 2 saturated heterocycles. The van der Waals surface area contributed by atoms with Crippen LogP contribution in [-0.4, -0.2) is 34.3 Å². The highest BCUT2D eigenvalue weighted by molar-refractivity contribution is 6.03. The Morgan fingerprint density at radius 3 is 1.15 bits per heavy atom. The Kier molecular flexibility index (Phi) is 8.58. The van der Waals surface area contributed by atoms with Crippen molar-refractivity contribution in [3.05, 3.63) is 118 Å². The Morgan fingerprint density at radius 1 is 0.481 bits per heavy atom. The number of carbonyl (C=O) groups is 2. The first kappa shape index (κ1) is 35.7. The molecule has 0 aliphatic carbocycles. The van der Waals surface area contributed by atoms with Crippen LogP contribution in [0.5, 0.6) is 0 Å². The molecular weight excluding hydrogens is 649 g/mol. The largest absolute Gasteiger partial charge is 0.280 e. The summed E-state index contributed by atoms with van der Waals surface area (Å²) in [7, 11) is 0. The molecule has 4 aromatic rings. The number of fused-ring (bicyclic) bond motifs is 2. The van der Waals surface area contributed by atoms with Crippen LogP contribution in [0.1, 0.15) is 87.8 Å². The minimum atomic E-state index is -0.702. The third-order valence-corrected chi connectivity index (χ3v) is 10.8. The molecule has 0 spiro atoms. The Bertz CT molecular complexity index is 1890. The number of aryl methyl sites for hydroxylation is 4. The van der Waals surface area contributed by atoms with Crippen LogP contribution in [0.15, 0.2) is 84.9 Å². The van der Waals surface area contributed by atoms with Gasteiger partial charge < -0.3 is 0 Å². The van der Waals surface area contributed by atoms with Crippen molar-refractivity contribution in [1.29, 1.82) is 0 Å². The minimum Gasteiger partial charge on any atom is -0.280 e. The molecule has 272 valence electrons. The molecule has 4 aromatic carbocycles. The van der Waals surface area contributed by atoms with Crippen molar-refractivity contribution in [3.8, 4) is 0 Å². The molecule has 52 heavy (non-hydrogen) atoms. The number of hydrogen-bond acceptors (Lipinski definition) is 6. The fraction of sp³-hybridized carbons (Fsp3) is 0.409. The van der Waals surface area contributed by atoms with Crippen molar-refractivity contribution in [2.45, 2.75) is 117 Å². The van der Waals surface area contributed by atoms with E-state index < -0.39 is 11.4 Å². The molecular formula is C44H52N4O4. The van der Waals surface area contributed by atoms with Crippen LogP contribution in [0.25, 0.3) is 0 Å². The SMILES string of the molecule is Cc1ccc(N2O[C@@](C)(N3C(=O)Cc4cc(C)ccc43)CC2(C)C)cc1.Cc1ccc(N2O[C@@](C)(N3C(=O)Cc4cc(C)ccc43)CC2(C)C)cc1. The summed E-state index contributed by atoms with van der Waals surface area (Å²) in [5.41, 5.74) is 9.09. The fourth-order valence-corrected chi connectivity index (χ4v) is 8.80. The predicted octanol–water partition coefficient (Wildman–Crippen LogP) is 9.06. The zero-order valence-corrected chi connectivity index (χ0v) is 32.3. The molecule has 0 radical (unpaired) electrons. The zero-order valence-electron chi connectivity index (χ0n) is 32.3. The molecule has 8 nitrogen and oxygen atoms in total. The van der Waals surface area contributed by atoms with E-state index in [0.717, 1.165) is 46.7 Å². The number of benzene rings is 4. The number of anilines is 4. The van der Waals surface area contributed by atoms with Crippen molar-refractivity contribution in [2.75, 3.05) is 19.9 Å². The summed E-state index contributed by atoms with van der Waals surface area (Å²) in [5, 5.41) is 3.93. The van der Waals surface area contributed by atoms with Gasteiger partial charge in [-0.15, -0.1) is 0 Å². The molecule has 0 saturated carbocycles. The molecule has 0 N–H and O–H groups in total. The second kappa shape index (κ2) is 12.5. The Balaban J connectivity index is 0.000000162. The summed E-state index contributed by atoms with van der Waals surface area (Å²) in [6.07, 6.45) is 2.35. The average Bonchev–Trinajstić information content (AvgIpc) is 3.73. The van der Waals surface area contributed by atoms with E-state index >= 15 is 0 Å². The number of nitrogens with zero attached hydrogens (tertiary/aromatic N) is 4. The highest BCUT2D eigenvalue weighted by Crippen LogP contribution is 2.49. The van der Waals surface area contributed by atoms with E-state index in [9.17, 15) is 9.59 Å². The summed E-state index contributed by atoms with van der Waals surface area (Å²) in [5.74, 6) is 0.212. The number of hydroxylamine groups is 2. The fourth-order valence-electron chi connectivity index (χ4n) is 8.80. The number of hydrogen-bond donors (Lipinski definition) is 0. The molecule has 2 atom stereocenters. The van der Waals surface area contributed by atoms with Crippen molar-refractivity contribution in [2.24, 2.45) is 0 Å². The number of amides is 2. The van der Waals surface area contributed by atoms with Crippen LogP contribution >= 0.6 is 0 Å². The van der Waals surface area contributed by atoms with Crippen LogP contribution in [-0.2, 0) is 32.1 Å². The Morgan fingerprint density at radius 2 is 0.808 bits per heavy atom. The molecule has 0 unspecified atom stereocenters. The smallest absolute Gasteiger partial charge is 0.233 e. The summed E-state index contributed by atoms with van der Waals surface area (Å²) in [6.45, 7) is 21.0. The van der Waals surface area contributed by atoms with Gasteiger partial charge in [0.25, 0.3) is 0 Å². The summed E-state index contributed by atoms with van der Waals surface area (Å²) in [6, 6.07) is 29.1. The van der Waals surface area contributed by atoms with Crippen LogP contribution in [0.4, 0.5) is 22.7 Å². The molecule has 8 rings (SSSR count). The lowest BCUT2D eigenvalue weighted by molar-refractivity contribution is -0.123. The average molecular weight is 701 g/mol. The minimum absolute atomic E-state index is 0.106. The molecule has 4 heterocycles. The standard InChI is InChI=1S/2C22H26N2O2/c2*1-15-6-9-18(10-7-15)24-21(3,4)14-22(5,26-24)23-19-11-8-16(2)12-17(19)13-20(23)25/h2*6-12H,13-14H2,1-5H3/t2*22-/m11/s1. The maximum absolute atomic E-state index is 12.9. The van der Waals surface area contributed by atoms with E-state index in [1.54, 1.807) is 0 Å². The highest BCUT2D eigenvalue weighted by atomic mass is 16.7. The zero-order chi connectivity index (χ0) is 37.4. The molecule has 8 heteroatoms. The molecule has 4 aliphatic heterocycles. The van der Waals surface area contributed by atoms with E-state index in [4.69, 9.17) is 9.68 Å². The quantitative estimate of drug-likeness (QED) is 0.212. The van der Waals surface area contributed by atoms with Gasteiger partial charge in [0.2, 0.25) is 11.8 Å². The van der Waals surface area contributed by atoms with Gasteiger partial charge in [-0.05, 0) is 117 Å². The van der Waals surface area contributed by atoms with E-state index in [2.05, 4.69) is 128 Å². The second-order valence-corrected chi connectivity index (χ2v) is 16.8. The third-order valence-electron chi connectivity index (χ3n) is 10.8. The Hall–Kier alpha value is -4.66. The van der Waals surface area contributed by atoms with Gasteiger partial charge in [0.05, 0.1) is 46.7 Å². The lowest BCUT2D eigenvalue weighted by atomic mass is 9.93. The summed E-state index contributed by atoms with van der Waals surface area (Å²) in [4.78, 5) is 42.4. The molecule has 2 amide bonds. The number of rotatable bonds is 4. The first-order chi connectivity index (χ1) is 24.4. The van der Waals surface area contributed by atoms with Crippen LogP contribution in [0, 0.1) is 27.7 Å². The van der Waals surface area contributed by atoms with E-state index in [1.807, 2.05) is 45.9 Å². The van der Waals surface area contributed by atoms with Gasteiger partial charge in [-0.2, -0.15) is 0 Å². The third kappa shape index (κ3) is 6.26. The molecule has 0 bridgehead atoms. The van der Waals surface area contributed by atoms with E-state index in [-0.39, 0.29) is 22.9 Å². The highest BCUT2D eigenvalue weighted by Gasteiger charge is 2.56. The van der Waals surface area contributed by atoms with Gasteiger partial charge in [-0.3, -0.25) is 19.4 Å². The maximum Gasteiger partial charge on any atom is 0.233 e. The van der Waals surface area contributed by atoms with Gasteiger partial charge in [-0.1, -0.05) is 70.8 Å². The molecule has 4 aliphatic rings. The topological polar surface area (TPSA) is 65.6 Å². The van der Waals surface area contributed by atoms with Crippen molar-refractivity contribution in [1.82, 2.24) is 0 Å². The second-order valence-electron chi connectivity index (χ2n) is 16.8. The van der Waals surface area contributed by atoms with Gasteiger partial charge in [0.15, 0.2) is 11.4 Å². The van der Waals surface area contributed by atoms with Crippen LogP contribution < -0.4 is 19.9 Å². The summed E-state index contributed by atoms with van der Waals surface area (Å²) >= 11 is 0. The monoisotopic (exact) mass is 700 g/mol. The predicted molar refractivity (Wildman–Crippen MR) is 208 cm³/mol. The van der Waals surface area contributed by atoms with Crippen molar-refractivity contribution in [3.63, 3.8) is 0 Å². The van der Waals surface area contributed by atoms with Gasteiger partial charge >= 0.3 is 0 Å². The van der Waals surface area contributed by atoms with Crippen LogP contribution in [0.3, 0.4) is 0 Å². The van der Waals surface area contributed by atoms with E-state index in [0.29, 0.717) is 12.8 Å². The van der Waals surface area contributed by atoms with Crippen molar-refractivity contribution < 1.29 is 19.3 Å². The maximum atomic E-state index is 12.9. The van der Waals surface area contributed by atoms with Gasteiger partial charge in [0, 0.05) is 12.8 Å². The first-order valence-corrected chi connectivity index (χ1v) is 18.4.